The van der Waals surface area contributed by atoms with Crippen LogP contribution in [-0.4, -0.2) is 38.2 Å². The van der Waals surface area contributed by atoms with Crippen LogP contribution in [0.5, 0.6) is 5.75 Å². The number of thiophene rings is 1. The molecule has 0 saturated carbocycles. The minimum absolute atomic E-state index is 0. The molecule has 2 heterocycles. The van der Waals surface area contributed by atoms with Gasteiger partial charge in [-0.25, -0.2) is 0 Å². The summed E-state index contributed by atoms with van der Waals surface area (Å²) in [5.41, 5.74) is -0.341. The van der Waals surface area contributed by atoms with Gasteiger partial charge in [0, 0.05) is 31.1 Å². The highest BCUT2D eigenvalue weighted by atomic mass is 35.5. The summed E-state index contributed by atoms with van der Waals surface area (Å²) < 4.78 is 46.0. The van der Waals surface area contributed by atoms with Gasteiger partial charge in [0.15, 0.2) is 0 Å². The van der Waals surface area contributed by atoms with Crippen molar-refractivity contribution in [3.05, 3.63) is 51.7 Å². The SMILES string of the molecule is COc1ccc([C@@H](c2cccs2)N2CCNCC2)c(C(F)(F)F)c1.Cl. The summed E-state index contributed by atoms with van der Waals surface area (Å²) in [6.07, 6.45) is -4.42. The van der Waals surface area contributed by atoms with Crippen LogP contribution in [0.15, 0.2) is 35.7 Å². The molecule has 3 nitrogen and oxygen atoms in total. The smallest absolute Gasteiger partial charge is 0.416 e. The minimum atomic E-state index is -4.42. The number of piperazine rings is 1. The Balaban J connectivity index is 0.00000225. The van der Waals surface area contributed by atoms with Gasteiger partial charge >= 0.3 is 6.18 Å². The van der Waals surface area contributed by atoms with Gasteiger partial charge in [-0.05, 0) is 29.1 Å². The van der Waals surface area contributed by atoms with Crippen LogP contribution in [0, 0.1) is 0 Å². The molecule has 1 fully saturated rings. The minimum Gasteiger partial charge on any atom is -0.497 e. The van der Waals surface area contributed by atoms with Crippen LogP contribution in [0.1, 0.15) is 22.0 Å². The standard InChI is InChI=1S/C17H19F3N2OS.ClH/c1-23-12-4-5-13(14(11-12)17(18,19)20)16(15-3-2-10-24-15)22-8-6-21-7-9-22;/h2-5,10-11,16,21H,6-9H2,1H3;1H/t16-;/m0./s1. The number of hydrogen-bond donors (Lipinski definition) is 1. The van der Waals surface area contributed by atoms with E-state index in [2.05, 4.69) is 10.2 Å². The average Bonchev–Trinajstić information content (AvgIpc) is 3.09. The van der Waals surface area contributed by atoms with Crippen molar-refractivity contribution in [3.63, 3.8) is 0 Å². The van der Waals surface area contributed by atoms with E-state index in [0.717, 1.165) is 24.0 Å². The van der Waals surface area contributed by atoms with E-state index < -0.39 is 17.8 Å². The molecule has 0 radical (unpaired) electrons. The third-order valence-electron chi connectivity index (χ3n) is 4.19. The quantitative estimate of drug-likeness (QED) is 0.844. The first-order chi connectivity index (χ1) is 11.5. The monoisotopic (exact) mass is 392 g/mol. The lowest BCUT2D eigenvalue weighted by Gasteiger charge is -2.36. The zero-order valence-corrected chi connectivity index (χ0v) is 15.3. The molecule has 0 amide bonds. The Bertz CT molecular complexity index is 673. The van der Waals surface area contributed by atoms with Crippen molar-refractivity contribution in [2.24, 2.45) is 0 Å². The lowest BCUT2D eigenvalue weighted by atomic mass is 9.96. The van der Waals surface area contributed by atoms with E-state index in [0.29, 0.717) is 13.1 Å². The van der Waals surface area contributed by atoms with Crippen molar-refractivity contribution in [2.45, 2.75) is 12.2 Å². The van der Waals surface area contributed by atoms with Gasteiger partial charge in [-0.3, -0.25) is 4.90 Å². The molecule has 138 valence electrons. The van der Waals surface area contributed by atoms with E-state index in [9.17, 15) is 13.2 Å². The lowest BCUT2D eigenvalue weighted by molar-refractivity contribution is -0.138. The van der Waals surface area contributed by atoms with E-state index in [1.807, 2.05) is 17.5 Å². The Kier molecular flexibility index (Phi) is 6.73. The van der Waals surface area contributed by atoms with Gasteiger partial charge in [-0.1, -0.05) is 12.1 Å². The highest BCUT2D eigenvalue weighted by Gasteiger charge is 2.38. The molecular formula is C17H20ClF3N2OS. The molecule has 1 N–H and O–H groups in total. The number of hydrogen-bond acceptors (Lipinski definition) is 4. The molecule has 1 aromatic heterocycles. The number of nitrogens with one attached hydrogen (secondary N) is 1. The van der Waals surface area contributed by atoms with Gasteiger partial charge in [0.05, 0.1) is 18.7 Å². The Morgan fingerprint density at radius 2 is 1.92 bits per heavy atom. The summed E-state index contributed by atoms with van der Waals surface area (Å²) in [7, 11) is 1.38. The van der Waals surface area contributed by atoms with E-state index in [1.54, 1.807) is 12.1 Å². The highest BCUT2D eigenvalue weighted by molar-refractivity contribution is 7.10. The second kappa shape index (κ2) is 8.40. The molecule has 3 rings (SSSR count). The molecule has 0 aliphatic carbocycles. The first-order valence-electron chi connectivity index (χ1n) is 7.74. The largest absolute Gasteiger partial charge is 0.497 e. The molecule has 1 aromatic carbocycles. The van der Waals surface area contributed by atoms with Crippen molar-refractivity contribution >= 4 is 23.7 Å². The lowest BCUT2D eigenvalue weighted by Crippen LogP contribution is -2.45. The number of nitrogens with zero attached hydrogens (tertiary/aromatic N) is 1. The predicted octanol–water partition coefficient (Wildman–Crippen LogP) is 4.19. The molecule has 1 atom stereocenters. The summed E-state index contributed by atoms with van der Waals surface area (Å²) in [6.45, 7) is 2.98. The third-order valence-corrected chi connectivity index (χ3v) is 5.11. The Morgan fingerprint density at radius 3 is 2.48 bits per heavy atom. The van der Waals surface area contributed by atoms with Gasteiger partial charge in [0.2, 0.25) is 0 Å². The van der Waals surface area contributed by atoms with Crippen LogP contribution in [0.3, 0.4) is 0 Å². The van der Waals surface area contributed by atoms with Crippen LogP contribution in [0.4, 0.5) is 13.2 Å². The molecule has 1 saturated heterocycles. The zero-order valence-electron chi connectivity index (χ0n) is 13.7. The van der Waals surface area contributed by atoms with Crippen LogP contribution >= 0.6 is 23.7 Å². The molecule has 25 heavy (non-hydrogen) atoms. The topological polar surface area (TPSA) is 24.5 Å². The van der Waals surface area contributed by atoms with Crippen LogP contribution in [-0.2, 0) is 6.18 Å². The second-order valence-electron chi connectivity index (χ2n) is 5.65. The summed E-state index contributed by atoms with van der Waals surface area (Å²) >= 11 is 1.49. The van der Waals surface area contributed by atoms with E-state index in [-0.39, 0.29) is 23.7 Å². The Morgan fingerprint density at radius 1 is 1.20 bits per heavy atom. The number of rotatable bonds is 4. The molecule has 8 heteroatoms. The molecule has 2 aromatic rings. The van der Waals surface area contributed by atoms with Crippen molar-refractivity contribution in [3.8, 4) is 5.75 Å². The summed E-state index contributed by atoms with van der Waals surface area (Å²) in [4.78, 5) is 3.03. The predicted molar refractivity (Wildman–Crippen MR) is 95.8 cm³/mol. The summed E-state index contributed by atoms with van der Waals surface area (Å²) in [5.74, 6) is 0.219. The fraction of sp³-hybridized carbons (Fsp3) is 0.412. The summed E-state index contributed by atoms with van der Waals surface area (Å²) in [6, 6.07) is 7.64. The van der Waals surface area contributed by atoms with Crippen molar-refractivity contribution < 1.29 is 17.9 Å². The Hall–Kier alpha value is -1.28. The van der Waals surface area contributed by atoms with Crippen molar-refractivity contribution in [1.82, 2.24) is 10.2 Å². The number of alkyl halides is 3. The maximum atomic E-state index is 13.7. The van der Waals surface area contributed by atoms with Crippen molar-refractivity contribution in [2.75, 3.05) is 33.3 Å². The van der Waals surface area contributed by atoms with Crippen LogP contribution < -0.4 is 10.1 Å². The summed E-state index contributed by atoms with van der Waals surface area (Å²) in [5, 5.41) is 5.15. The maximum Gasteiger partial charge on any atom is 0.416 e. The number of ether oxygens (including phenoxy) is 1. The van der Waals surface area contributed by atoms with Crippen molar-refractivity contribution in [1.29, 1.82) is 0 Å². The average molecular weight is 393 g/mol. The normalized spacial score (nSPS) is 17.0. The van der Waals surface area contributed by atoms with Gasteiger partial charge < -0.3 is 10.1 Å². The zero-order chi connectivity index (χ0) is 17.2. The molecule has 1 aliphatic rings. The molecule has 0 spiro atoms. The number of methoxy groups -OCH3 is 1. The van der Waals surface area contributed by atoms with E-state index in [4.69, 9.17) is 4.74 Å². The highest BCUT2D eigenvalue weighted by Crippen LogP contribution is 2.41. The van der Waals surface area contributed by atoms with Gasteiger partial charge in [0.25, 0.3) is 0 Å². The first kappa shape index (κ1) is 20.0. The first-order valence-corrected chi connectivity index (χ1v) is 8.62. The van der Waals surface area contributed by atoms with Crippen LogP contribution in [0.2, 0.25) is 0 Å². The number of benzene rings is 1. The van der Waals surface area contributed by atoms with Gasteiger partial charge in [-0.15, -0.1) is 23.7 Å². The fourth-order valence-electron chi connectivity index (χ4n) is 3.06. The van der Waals surface area contributed by atoms with Gasteiger partial charge in [-0.2, -0.15) is 13.2 Å². The van der Waals surface area contributed by atoms with E-state index >= 15 is 0 Å². The van der Waals surface area contributed by atoms with Crippen LogP contribution in [0.25, 0.3) is 0 Å². The molecule has 1 aliphatic heterocycles. The Labute approximate surface area is 155 Å². The maximum absolute atomic E-state index is 13.7. The fourth-order valence-corrected chi connectivity index (χ4v) is 3.94. The third kappa shape index (κ3) is 4.47. The number of halogens is 4. The van der Waals surface area contributed by atoms with Gasteiger partial charge in [0.1, 0.15) is 5.75 Å². The van der Waals surface area contributed by atoms with E-state index in [1.165, 1.54) is 18.4 Å². The molecular weight excluding hydrogens is 373 g/mol. The molecule has 0 unspecified atom stereocenters. The molecule has 0 bridgehead atoms. The second-order valence-corrected chi connectivity index (χ2v) is 6.63.